The SMILES string of the molecule is CCOC(=O)C1(C#N)[C@H]2[C@@H]1C(=O)C[C@@H]1CC[C@H]3[C@@H]4CC[C@H]([C@H](C)CCCC(C)C)[C@@]4(C)CC[C@@H]3[C@]12C. The second kappa shape index (κ2) is 9.13. The van der Waals surface area contributed by atoms with Gasteiger partial charge < -0.3 is 4.74 Å². The molecule has 11 atom stereocenters. The summed E-state index contributed by atoms with van der Waals surface area (Å²) < 4.78 is 5.42. The van der Waals surface area contributed by atoms with E-state index in [1.807, 2.05) is 0 Å². The second-order valence-electron chi connectivity index (χ2n) is 14.4. The van der Waals surface area contributed by atoms with Crippen molar-refractivity contribution in [1.82, 2.24) is 0 Å². The molecule has 0 saturated heterocycles. The minimum Gasteiger partial charge on any atom is -0.465 e. The maximum atomic E-state index is 13.2. The van der Waals surface area contributed by atoms with Crippen molar-refractivity contribution in [2.75, 3.05) is 6.61 Å². The van der Waals surface area contributed by atoms with Gasteiger partial charge >= 0.3 is 5.97 Å². The van der Waals surface area contributed by atoms with Crippen LogP contribution in [0.3, 0.4) is 0 Å². The number of fused-ring (bicyclic) bond motifs is 7. The van der Waals surface area contributed by atoms with Crippen molar-refractivity contribution < 1.29 is 14.3 Å². The number of ketones is 1. The molecule has 1 unspecified atom stereocenters. The predicted molar refractivity (Wildman–Crippen MR) is 141 cm³/mol. The fourth-order valence-corrected chi connectivity index (χ4v) is 11.0. The molecule has 0 aromatic rings. The second-order valence-corrected chi connectivity index (χ2v) is 14.4. The molecule has 200 valence electrons. The highest BCUT2D eigenvalue weighted by Gasteiger charge is 2.83. The lowest BCUT2D eigenvalue weighted by molar-refractivity contribution is -0.152. The fraction of sp³-hybridized carbons (Fsp3) is 0.906. The number of nitriles is 1. The number of hydrogen-bond acceptors (Lipinski definition) is 4. The normalized spacial score (nSPS) is 47.7. The molecule has 36 heavy (non-hydrogen) atoms. The van der Waals surface area contributed by atoms with Gasteiger partial charge in [-0.15, -0.1) is 0 Å². The Morgan fingerprint density at radius 2 is 1.83 bits per heavy atom. The van der Waals surface area contributed by atoms with Gasteiger partial charge in [-0.3, -0.25) is 9.59 Å². The lowest BCUT2D eigenvalue weighted by Gasteiger charge is -2.60. The highest BCUT2D eigenvalue weighted by molar-refractivity contribution is 5.99. The number of carbonyl (C=O) groups excluding carboxylic acids is 2. The first-order chi connectivity index (χ1) is 17.1. The van der Waals surface area contributed by atoms with Crippen molar-refractivity contribution >= 4 is 11.8 Å². The summed E-state index contributed by atoms with van der Waals surface area (Å²) in [6, 6.07) is 2.37. The van der Waals surface area contributed by atoms with E-state index in [-0.39, 0.29) is 23.7 Å². The molecule has 5 aliphatic carbocycles. The summed E-state index contributed by atoms with van der Waals surface area (Å²) in [6.07, 6.45) is 12.1. The molecule has 5 saturated carbocycles. The van der Waals surface area contributed by atoms with Crippen LogP contribution in [0.4, 0.5) is 0 Å². The van der Waals surface area contributed by atoms with Crippen molar-refractivity contribution in [2.45, 2.75) is 106 Å². The molecule has 5 fully saturated rings. The van der Waals surface area contributed by atoms with Gasteiger partial charge in [0.25, 0.3) is 0 Å². The number of nitrogens with zero attached hydrogens (tertiary/aromatic N) is 1. The first kappa shape index (κ1) is 26.2. The van der Waals surface area contributed by atoms with Crippen LogP contribution in [0.2, 0.25) is 0 Å². The Morgan fingerprint density at radius 3 is 2.50 bits per heavy atom. The molecule has 0 aromatic carbocycles. The van der Waals surface area contributed by atoms with Crippen molar-refractivity contribution in [3.05, 3.63) is 0 Å². The van der Waals surface area contributed by atoms with Gasteiger partial charge in [-0.05, 0) is 97.7 Å². The average Bonchev–Trinajstić information content (AvgIpc) is 3.42. The van der Waals surface area contributed by atoms with Crippen LogP contribution in [-0.2, 0) is 14.3 Å². The molecule has 0 bridgehead atoms. The van der Waals surface area contributed by atoms with Gasteiger partial charge in [0.05, 0.1) is 18.6 Å². The first-order valence-corrected chi connectivity index (χ1v) is 15.2. The van der Waals surface area contributed by atoms with Gasteiger partial charge in [-0.25, -0.2) is 0 Å². The standard InChI is InChI=1S/C32H49NO3/c1-7-36-29(35)32(18-33)27-26(34)17-21-11-12-22-24-14-13-23(20(4)10-8-9-19(2)3)30(24,5)16-15-25(22)31(21,6)28(27)32/h19-25,27-28H,7-17H2,1-6H3/t20-,21+,22+,23-,24+,25+,27+,28+,30-,31+,32?/m1/s1. The summed E-state index contributed by atoms with van der Waals surface area (Å²) in [5, 5.41) is 10.3. The Bertz CT molecular complexity index is 936. The Labute approximate surface area is 219 Å². The average molecular weight is 496 g/mol. The Morgan fingerprint density at radius 1 is 1.08 bits per heavy atom. The van der Waals surface area contributed by atoms with Gasteiger partial charge in [-0.2, -0.15) is 5.26 Å². The third-order valence-electron chi connectivity index (χ3n) is 12.6. The fourth-order valence-electron chi connectivity index (χ4n) is 11.0. The zero-order valence-corrected chi connectivity index (χ0v) is 23.6. The molecule has 0 aromatic heterocycles. The number of esters is 1. The quantitative estimate of drug-likeness (QED) is 0.350. The zero-order chi connectivity index (χ0) is 26.0. The van der Waals surface area contributed by atoms with Gasteiger partial charge in [0.2, 0.25) is 0 Å². The summed E-state index contributed by atoms with van der Waals surface area (Å²) in [7, 11) is 0. The largest absolute Gasteiger partial charge is 0.465 e. The van der Waals surface area contributed by atoms with Crippen molar-refractivity contribution in [3.8, 4) is 6.07 Å². The van der Waals surface area contributed by atoms with E-state index in [1.165, 1.54) is 51.4 Å². The van der Waals surface area contributed by atoms with E-state index in [0.29, 0.717) is 29.6 Å². The van der Waals surface area contributed by atoms with Crippen molar-refractivity contribution in [3.63, 3.8) is 0 Å². The van der Waals surface area contributed by atoms with Gasteiger partial charge in [0.1, 0.15) is 5.78 Å². The van der Waals surface area contributed by atoms with E-state index in [0.717, 1.165) is 30.1 Å². The van der Waals surface area contributed by atoms with Crippen molar-refractivity contribution in [1.29, 1.82) is 5.26 Å². The molecule has 5 aliphatic rings. The summed E-state index contributed by atoms with van der Waals surface area (Å²) in [5.41, 5.74) is -0.919. The molecule has 5 rings (SSSR count). The molecular weight excluding hydrogens is 446 g/mol. The molecule has 4 nitrogen and oxygen atoms in total. The van der Waals surface area contributed by atoms with E-state index < -0.39 is 17.3 Å². The van der Waals surface area contributed by atoms with E-state index in [4.69, 9.17) is 4.74 Å². The zero-order valence-electron chi connectivity index (χ0n) is 23.6. The Hall–Kier alpha value is -1.37. The van der Waals surface area contributed by atoms with Crippen LogP contribution in [-0.4, -0.2) is 18.4 Å². The lowest BCUT2D eigenvalue weighted by Crippen LogP contribution is -2.55. The van der Waals surface area contributed by atoms with Crippen LogP contribution in [0, 0.1) is 80.8 Å². The highest BCUT2D eigenvalue weighted by Crippen LogP contribution is 2.78. The van der Waals surface area contributed by atoms with Gasteiger partial charge in [-0.1, -0.05) is 53.9 Å². The topological polar surface area (TPSA) is 67.2 Å². The number of Topliss-reactive ketones (excluding diaryl/α,β-unsaturated/α-hetero) is 1. The molecular formula is C32H49NO3. The minimum atomic E-state index is -1.23. The summed E-state index contributed by atoms with van der Waals surface area (Å²) in [5.74, 6) is 3.78. The van der Waals surface area contributed by atoms with Gasteiger partial charge in [0.15, 0.2) is 5.41 Å². The van der Waals surface area contributed by atoms with Gasteiger partial charge in [0, 0.05) is 12.3 Å². The molecule has 0 N–H and O–H groups in total. The summed E-state index contributed by atoms with van der Waals surface area (Å²) in [4.78, 5) is 26.3. The first-order valence-electron chi connectivity index (χ1n) is 15.2. The van der Waals surface area contributed by atoms with E-state index in [9.17, 15) is 14.9 Å². The summed E-state index contributed by atoms with van der Waals surface area (Å²) >= 11 is 0. The lowest BCUT2D eigenvalue weighted by atomic mass is 9.44. The van der Waals surface area contributed by atoms with Crippen LogP contribution in [0.5, 0.6) is 0 Å². The summed E-state index contributed by atoms with van der Waals surface area (Å²) in [6.45, 7) is 14.2. The number of carbonyl (C=O) groups is 2. The number of hydrogen-bond donors (Lipinski definition) is 0. The smallest absolute Gasteiger partial charge is 0.327 e. The Balaban J connectivity index is 1.40. The molecule has 0 spiro atoms. The van der Waals surface area contributed by atoms with Crippen LogP contribution in [0.1, 0.15) is 106 Å². The van der Waals surface area contributed by atoms with Crippen LogP contribution in [0.15, 0.2) is 0 Å². The number of ether oxygens (including phenoxy) is 1. The monoisotopic (exact) mass is 495 g/mol. The molecule has 0 amide bonds. The molecule has 0 radical (unpaired) electrons. The van der Waals surface area contributed by atoms with E-state index in [2.05, 4.69) is 40.7 Å². The minimum absolute atomic E-state index is 0.105. The van der Waals surface area contributed by atoms with Crippen molar-refractivity contribution in [2.24, 2.45) is 69.5 Å². The van der Waals surface area contributed by atoms with Crippen LogP contribution < -0.4 is 0 Å². The highest BCUT2D eigenvalue weighted by atomic mass is 16.5. The van der Waals surface area contributed by atoms with Crippen LogP contribution in [0.25, 0.3) is 0 Å². The third kappa shape index (κ3) is 3.50. The third-order valence-corrected chi connectivity index (χ3v) is 12.6. The van der Waals surface area contributed by atoms with Crippen LogP contribution >= 0.6 is 0 Å². The van der Waals surface area contributed by atoms with E-state index in [1.54, 1.807) is 6.92 Å². The Kier molecular flexibility index (Phi) is 6.66. The number of rotatable bonds is 7. The van der Waals surface area contributed by atoms with E-state index >= 15 is 0 Å². The maximum Gasteiger partial charge on any atom is 0.327 e. The maximum absolute atomic E-state index is 13.2. The molecule has 0 aliphatic heterocycles. The molecule has 0 heterocycles. The predicted octanol–water partition coefficient (Wildman–Crippen LogP) is 7.22. The molecule has 4 heteroatoms.